The van der Waals surface area contributed by atoms with E-state index in [9.17, 15) is 22.8 Å². The molecule has 2 aromatic heterocycles. The minimum Gasteiger partial charge on any atom is -0.487 e. The number of anilines is 3. The Balaban J connectivity index is 1.32. The number of hydrogen-bond donors (Lipinski definition) is 3. The van der Waals surface area contributed by atoms with Gasteiger partial charge in [-0.05, 0) is 53.4 Å². The van der Waals surface area contributed by atoms with Crippen molar-refractivity contribution in [3.05, 3.63) is 87.8 Å². The van der Waals surface area contributed by atoms with Gasteiger partial charge < -0.3 is 19.9 Å². The van der Waals surface area contributed by atoms with Gasteiger partial charge >= 0.3 is 12.2 Å². The second-order valence-electron chi connectivity index (χ2n) is 9.54. The highest BCUT2D eigenvalue weighted by atomic mass is 32.1. The monoisotopic (exact) mass is 558 g/mol. The maximum atomic E-state index is 12.9. The molecule has 8 nitrogen and oxygen atoms in total. The second kappa shape index (κ2) is 11.2. The molecule has 0 spiro atoms. The molecule has 0 bridgehead atoms. The molecule has 2 heterocycles. The smallest absolute Gasteiger partial charge is 0.416 e. The van der Waals surface area contributed by atoms with Gasteiger partial charge in [0.25, 0.3) is 5.91 Å². The lowest BCUT2D eigenvalue weighted by molar-refractivity contribution is -0.137. The van der Waals surface area contributed by atoms with E-state index < -0.39 is 23.7 Å². The highest BCUT2D eigenvalue weighted by Crippen LogP contribution is 2.31. The Morgan fingerprint density at radius 3 is 2.28 bits per heavy atom. The summed E-state index contributed by atoms with van der Waals surface area (Å²) in [6.07, 6.45) is -4.45. The van der Waals surface area contributed by atoms with E-state index in [0.717, 1.165) is 23.5 Å². The number of nitrogens with one attached hydrogen (secondary N) is 3. The highest BCUT2D eigenvalue weighted by molar-refractivity contribution is 7.12. The van der Waals surface area contributed by atoms with E-state index in [0.29, 0.717) is 22.7 Å². The lowest BCUT2D eigenvalue weighted by atomic mass is 9.93. The number of amides is 3. The number of aromatic nitrogens is 1. The zero-order chi connectivity index (χ0) is 28.2. The number of carbonyl (C=O) groups is 2. The van der Waals surface area contributed by atoms with Gasteiger partial charge in [0.05, 0.1) is 5.56 Å². The Bertz CT molecular complexity index is 1460. The maximum absolute atomic E-state index is 12.9. The van der Waals surface area contributed by atoms with Crippen molar-refractivity contribution >= 4 is 40.5 Å². The minimum absolute atomic E-state index is 0.130. The third kappa shape index (κ3) is 7.38. The summed E-state index contributed by atoms with van der Waals surface area (Å²) in [5.41, 5.74) is 0.256. The van der Waals surface area contributed by atoms with Crippen molar-refractivity contribution < 1.29 is 32.0 Å². The predicted octanol–water partition coefficient (Wildman–Crippen LogP) is 7.53. The summed E-state index contributed by atoms with van der Waals surface area (Å²) < 4.78 is 49.7. The fourth-order valence-corrected chi connectivity index (χ4v) is 4.10. The van der Waals surface area contributed by atoms with Gasteiger partial charge in [0.15, 0.2) is 5.82 Å². The molecule has 0 unspecified atom stereocenters. The minimum atomic E-state index is -4.45. The van der Waals surface area contributed by atoms with Crippen molar-refractivity contribution in [1.29, 1.82) is 0 Å². The summed E-state index contributed by atoms with van der Waals surface area (Å²) in [4.78, 5) is 25.4. The van der Waals surface area contributed by atoms with Crippen LogP contribution < -0.4 is 20.7 Å². The average Bonchev–Trinajstić information content (AvgIpc) is 3.53. The molecule has 0 atom stereocenters. The molecule has 0 aliphatic carbocycles. The molecule has 3 N–H and O–H groups in total. The molecule has 4 aromatic rings. The zero-order valence-electron chi connectivity index (χ0n) is 21.2. The number of nitrogens with zero attached hydrogens (tertiary/aromatic N) is 1. The van der Waals surface area contributed by atoms with Gasteiger partial charge in [-0.15, -0.1) is 11.3 Å². The van der Waals surface area contributed by atoms with Crippen LogP contribution in [0.3, 0.4) is 0 Å². The van der Waals surface area contributed by atoms with Gasteiger partial charge in [-0.25, -0.2) is 4.79 Å². The molecule has 0 radical (unpaired) electrons. The first-order valence-corrected chi connectivity index (χ1v) is 12.6. The first-order chi connectivity index (χ1) is 18.4. The van der Waals surface area contributed by atoms with E-state index in [4.69, 9.17) is 9.26 Å². The summed E-state index contributed by atoms with van der Waals surface area (Å²) in [5.74, 6) is 0.728. The number of alkyl halides is 3. The quantitative estimate of drug-likeness (QED) is 0.217. The van der Waals surface area contributed by atoms with Crippen LogP contribution in [0.25, 0.3) is 0 Å². The Labute approximate surface area is 226 Å². The number of benzene rings is 2. The number of halogens is 3. The van der Waals surface area contributed by atoms with Crippen LogP contribution in [0, 0.1) is 0 Å². The summed E-state index contributed by atoms with van der Waals surface area (Å²) in [5, 5.41) is 13.5. The SMILES string of the molecule is CC(C)(C)c1cc(NC(=O)Nc2ccc(NC(=O)c3sccc3OCc3cccc(C(F)(F)F)c3)cc2)no1. The van der Waals surface area contributed by atoms with Crippen LogP contribution in [0.1, 0.15) is 47.3 Å². The van der Waals surface area contributed by atoms with Gasteiger partial charge in [-0.2, -0.15) is 13.2 Å². The first kappa shape index (κ1) is 27.7. The maximum Gasteiger partial charge on any atom is 0.416 e. The Kier molecular flexibility index (Phi) is 7.95. The van der Waals surface area contributed by atoms with E-state index >= 15 is 0 Å². The topological polar surface area (TPSA) is 105 Å². The number of thiophene rings is 1. The van der Waals surface area contributed by atoms with Crippen LogP contribution in [0.15, 0.2) is 70.6 Å². The molecular weight excluding hydrogens is 533 g/mol. The number of ether oxygens (including phenoxy) is 1. The average molecular weight is 559 g/mol. The standard InChI is InChI=1S/C27H25F3N4O4S/c1-26(2,3)21-14-22(34-38-21)33-25(36)32-19-9-7-18(8-10-19)31-24(35)23-20(11-12-39-23)37-15-16-5-4-6-17(13-16)27(28,29)30/h4-14H,15H2,1-3H3,(H,31,35)(H2,32,33,34,36). The van der Waals surface area contributed by atoms with E-state index in [1.807, 2.05) is 20.8 Å². The lowest BCUT2D eigenvalue weighted by Crippen LogP contribution is -2.19. The number of hydrogen-bond acceptors (Lipinski definition) is 6. The van der Waals surface area contributed by atoms with E-state index in [1.54, 1.807) is 41.8 Å². The fourth-order valence-electron chi connectivity index (χ4n) is 3.37. The molecule has 4 rings (SSSR count). The molecule has 3 amide bonds. The van der Waals surface area contributed by atoms with Crippen molar-refractivity contribution in [2.24, 2.45) is 0 Å². The molecule has 0 fully saturated rings. The Morgan fingerprint density at radius 1 is 0.949 bits per heavy atom. The van der Waals surface area contributed by atoms with Crippen molar-refractivity contribution in [2.75, 3.05) is 16.0 Å². The van der Waals surface area contributed by atoms with Crippen LogP contribution in [0.4, 0.5) is 35.2 Å². The highest BCUT2D eigenvalue weighted by Gasteiger charge is 2.30. The third-order valence-electron chi connectivity index (χ3n) is 5.38. The van der Waals surface area contributed by atoms with Crippen molar-refractivity contribution in [2.45, 2.75) is 39.0 Å². The molecule has 39 heavy (non-hydrogen) atoms. The molecule has 0 saturated carbocycles. The van der Waals surface area contributed by atoms with Crippen LogP contribution in [-0.2, 0) is 18.2 Å². The molecule has 2 aromatic carbocycles. The number of rotatable bonds is 7. The molecule has 204 valence electrons. The van der Waals surface area contributed by atoms with Gasteiger partial charge in [-0.3, -0.25) is 10.1 Å². The van der Waals surface area contributed by atoms with Crippen molar-refractivity contribution in [1.82, 2.24) is 5.16 Å². The number of urea groups is 1. The summed E-state index contributed by atoms with van der Waals surface area (Å²) >= 11 is 1.14. The first-order valence-electron chi connectivity index (χ1n) is 11.7. The van der Waals surface area contributed by atoms with Crippen LogP contribution >= 0.6 is 11.3 Å². The summed E-state index contributed by atoms with van der Waals surface area (Å²) in [7, 11) is 0. The Hall–Kier alpha value is -4.32. The summed E-state index contributed by atoms with van der Waals surface area (Å²) in [6, 6.07) is 14.0. The van der Waals surface area contributed by atoms with E-state index in [1.165, 1.54) is 12.1 Å². The van der Waals surface area contributed by atoms with Gasteiger partial charge in [0, 0.05) is 22.9 Å². The second-order valence-corrected chi connectivity index (χ2v) is 10.5. The van der Waals surface area contributed by atoms with Crippen LogP contribution in [0.5, 0.6) is 5.75 Å². The molecule has 0 aliphatic rings. The fraction of sp³-hybridized carbons (Fsp3) is 0.222. The van der Waals surface area contributed by atoms with Gasteiger partial charge in [0.2, 0.25) is 0 Å². The molecule has 0 saturated heterocycles. The largest absolute Gasteiger partial charge is 0.487 e. The van der Waals surface area contributed by atoms with Crippen LogP contribution in [-0.4, -0.2) is 17.1 Å². The Morgan fingerprint density at radius 2 is 1.64 bits per heavy atom. The molecular formula is C27H25F3N4O4S. The van der Waals surface area contributed by atoms with E-state index in [-0.39, 0.29) is 28.5 Å². The predicted molar refractivity (Wildman–Crippen MR) is 142 cm³/mol. The molecule has 0 aliphatic heterocycles. The van der Waals surface area contributed by atoms with Gasteiger partial charge in [0.1, 0.15) is 23.0 Å². The van der Waals surface area contributed by atoms with Crippen molar-refractivity contribution in [3.8, 4) is 5.75 Å². The number of carbonyl (C=O) groups excluding carboxylic acids is 2. The van der Waals surface area contributed by atoms with Crippen LogP contribution in [0.2, 0.25) is 0 Å². The normalized spacial score (nSPS) is 11.6. The van der Waals surface area contributed by atoms with E-state index in [2.05, 4.69) is 21.1 Å². The lowest BCUT2D eigenvalue weighted by Gasteiger charge is -2.12. The van der Waals surface area contributed by atoms with Gasteiger partial charge in [-0.1, -0.05) is 38.1 Å². The summed E-state index contributed by atoms with van der Waals surface area (Å²) in [6.45, 7) is 5.76. The zero-order valence-corrected chi connectivity index (χ0v) is 22.0. The third-order valence-corrected chi connectivity index (χ3v) is 6.27. The van der Waals surface area contributed by atoms with Crippen molar-refractivity contribution in [3.63, 3.8) is 0 Å². The molecule has 12 heteroatoms.